The highest BCUT2D eigenvalue weighted by atomic mass is 35.5. The molecule has 0 fully saturated rings. The maximum Gasteiger partial charge on any atom is 0.123 e. The summed E-state index contributed by atoms with van der Waals surface area (Å²) < 4.78 is 13.3. The average Bonchev–Trinajstić information content (AvgIpc) is 2.48. The minimum absolute atomic E-state index is 0.361. The van der Waals surface area contributed by atoms with Crippen molar-refractivity contribution in [3.05, 3.63) is 70.8 Å². The molecule has 0 saturated heterocycles. The van der Waals surface area contributed by atoms with Gasteiger partial charge in [0.05, 0.1) is 17.1 Å². The first-order valence-electron chi connectivity index (χ1n) is 6.06. The predicted octanol–water partition coefficient (Wildman–Crippen LogP) is 3.47. The molecule has 2 aromatic carbocycles. The van der Waals surface area contributed by atoms with Gasteiger partial charge in [-0.2, -0.15) is 0 Å². The Morgan fingerprint density at radius 1 is 1.00 bits per heavy atom. The fraction of sp³-hybridized carbons (Fsp3) is 0.0667. The number of nitrogens with two attached hydrogens (primary N) is 1. The highest BCUT2D eigenvalue weighted by Crippen LogP contribution is 2.28. The number of hydrogen-bond donors (Lipinski definition) is 1. The van der Waals surface area contributed by atoms with Gasteiger partial charge >= 0.3 is 0 Å². The molecule has 1 heterocycles. The topological polar surface area (TPSA) is 51.8 Å². The molecule has 100 valence electrons. The van der Waals surface area contributed by atoms with E-state index in [1.807, 2.05) is 18.2 Å². The van der Waals surface area contributed by atoms with Crippen molar-refractivity contribution in [3.8, 4) is 0 Å². The lowest BCUT2D eigenvalue weighted by Gasteiger charge is -2.14. The highest BCUT2D eigenvalue weighted by molar-refractivity contribution is 6.31. The molecule has 3 aromatic rings. The van der Waals surface area contributed by atoms with Gasteiger partial charge < -0.3 is 5.73 Å². The fourth-order valence-corrected chi connectivity index (χ4v) is 2.34. The van der Waals surface area contributed by atoms with Crippen LogP contribution in [0, 0.1) is 5.82 Å². The number of hydrogen-bond acceptors (Lipinski definition) is 3. The van der Waals surface area contributed by atoms with Crippen molar-refractivity contribution in [3.63, 3.8) is 0 Å². The van der Waals surface area contributed by atoms with Crippen molar-refractivity contribution in [2.24, 2.45) is 5.73 Å². The van der Waals surface area contributed by atoms with Gasteiger partial charge in [0, 0.05) is 17.4 Å². The first-order chi connectivity index (χ1) is 9.65. The minimum Gasteiger partial charge on any atom is -0.320 e. The second-order valence-corrected chi connectivity index (χ2v) is 4.86. The Morgan fingerprint density at radius 3 is 2.55 bits per heavy atom. The molecule has 3 rings (SSSR count). The molecule has 0 amide bonds. The molecule has 0 bridgehead atoms. The molecule has 0 saturated carbocycles. The standard InChI is InChI=1S/C15H11ClFN3/c16-12-3-2-10(17)8-11(12)15(18)9-1-4-13-14(7-9)20-6-5-19-13/h1-8,15H,18H2. The van der Waals surface area contributed by atoms with Crippen molar-refractivity contribution >= 4 is 22.6 Å². The van der Waals surface area contributed by atoms with Crippen LogP contribution in [0.2, 0.25) is 5.02 Å². The van der Waals surface area contributed by atoms with Crippen LogP contribution >= 0.6 is 11.6 Å². The van der Waals surface area contributed by atoms with E-state index in [1.165, 1.54) is 18.2 Å². The summed E-state index contributed by atoms with van der Waals surface area (Å²) in [5.41, 5.74) is 9.07. The number of rotatable bonds is 2. The first kappa shape index (κ1) is 13.0. The van der Waals surface area contributed by atoms with Crippen LogP contribution in [0.25, 0.3) is 11.0 Å². The van der Waals surface area contributed by atoms with E-state index in [-0.39, 0.29) is 5.82 Å². The van der Waals surface area contributed by atoms with Gasteiger partial charge in [-0.1, -0.05) is 17.7 Å². The predicted molar refractivity (Wildman–Crippen MR) is 77.0 cm³/mol. The highest BCUT2D eigenvalue weighted by Gasteiger charge is 2.14. The van der Waals surface area contributed by atoms with Crippen molar-refractivity contribution in [2.75, 3.05) is 0 Å². The van der Waals surface area contributed by atoms with E-state index in [0.717, 1.165) is 16.6 Å². The van der Waals surface area contributed by atoms with Crippen LogP contribution in [-0.4, -0.2) is 9.97 Å². The normalized spacial score (nSPS) is 12.6. The van der Waals surface area contributed by atoms with E-state index in [4.69, 9.17) is 17.3 Å². The molecule has 2 N–H and O–H groups in total. The summed E-state index contributed by atoms with van der Waals surface area (Å²) in [4.78, 5) is 8.43. The summed E-state index contributed by atoms with van der Waals surface area (Å²) in [5.74, 6) is -0.361. The van der Waals surface area contributed by atoms with Crippen molar-refractivity contribution in [1.82, 2.24) is 9.97 Å². The maximum absolute atomic E-state index is 13.3. The summed E-state index contributed by atoms with van der Waals surface area (Å²) in [6.45, 7) is 0. The fourth-order valence-electron chi connectivity index (χ4n) is 2.11. The molecule has 0 aliphatic rings. The molecule has 3 nitrogen and oxygen atoms in total. The van der Waals surface area contributed by atoms with E-state index >= 15 is 0 Å². The van der Waals surface area contributed by atoms with E-state index in [2.05, 4.69) is 9.97 Å². The molecule has 5 heteroatoms. The minimum atomic E-state index is -0.510. The molecule has 0 spiro atoms. The smallest absolute Gasteiger partial charge is 0.123 e. The van der Waals surface area contributed by atoms with Crippen LogP contribution in [-0.2, 0) is 0 Å². The Labute approximate surface area is 120 Å². The molecular weight excluding hydrogens is 277 g/mol. The van der Waals surface area contributed by atoms with Gasteiger partial charge in [0.25, 0.3) is 0 Å². The molecule has 0 aliphatic heterocycles. The Balaban J connectivity index is 2.07. The first-order valence-corrected chi connectivity index (χ1v) is 6.44. The Kier molecular flexibility index (Phi) is 3.34. The zero-order valence-electron chi connectivity index (χ0n) is 10.4. The van der Waals surface area contributed by atoms with Gasteiger partial charge in [-0.15, -0.1) is 0 Å². The van der Waals surface area contributed by atoms with Crippen molar-refractivity contribution < 1.29 is 4.39 Å². The van der Waals surface area contributed by atoms with Crippen LogP contribution in [0.4, 0.5) is 4.39 Å². The summed E-state index contributed by atoms with van der Waals surface area (Å²) >= 11 is 6.08. The summed E-state index contributed by atoms with van der Waals surface area (Å²) in [6.07, 6.45) is 3.25. The zero-order valence-corrected chi connectivity index (χ0v) is 11.2. The van der Waals surface area contributed by atoms with Crippen molar-refractivity contribution in [2.45, 2.75) is 6.04 Å². The maximum atomic E-state index is 13.3. The van der Waals surface area contributed by atoms with Crippen LogP contribution in [0.3, 0.4) is 0 Å². The van der Waals surface area contributed by atoms with Gasteiger partial charge in [-0.25, -0.2) is 4.39 Å². The lowest BCUT2D eigenvalue weighted by molar-refractivity contribution is 0.623. The number of benzene rings is 2. The molecule has 0 aliphatic carbocycles. The van der Waals surface area contributed by atoms with Crippen LogP contribution in [0.5, 0.6) is 0 Å². The average molecular weight is 288 g/mol. The van der Waals surface area contributed by atoms with Crippen LogP contribution in [0.15, 0.2) is 48.8 Å². The second kappa shape index (κ2) is 5.15. The van der Waals surface area contributed by atoms with Crippen LogP contribution < -0.4 is 5.73 Å². The number of halogens is 2. The molecule has 1 aromatic heterocycles. The van der Waals surface area contributed by atoms with E-state index in [9.17, 15) is 4.39 Å². The summed E-state index contributed by atoms with van der Waals surface area (Å²) in [6, 6.07) is 9.19. The molecular formula is C15H11ClFN3. The van der Waals surface area contributed by atoms with Gasteiger partial charge in [0.2, 0.25) is 0 Å². The lowest BCUT2D eigenvalue weighted by Crippen LogP contribution is -2.12. The molecule has 1 atom stereocenters. The SMILES string of the molecule is NC(c1ccc2nccnc2c1)c1cc(F)ccc1Cl. The van der Waals surface area contributed by atoms with Gasteiger partial charge in [-0.3, -0.25) is 9.97 Å². The van der Waals surface area contributed by atoms with Gasteiger partial charge in [-0.05, 0) is 41.5 Å². The second-order valence-electron chi connectivity index (χ2n) is 4.45. The quantitative estimate of drug-likeness (QED) is 0.785. The number of fused-ring (bicyclic) bond motifs is 1. The van der Waals surface area contributed by atoms with Gasteiger partial charge in [0.1, 0.15) is 5.82 Å². The summed E-state index contributed by atoms with van der Waals surface area (Å²) in [5, 5.41) is 0.443. The summed E-state index contributed by atoms with van der Waals surface area (Å²) in [7, 11) is 0. The van der Waals surface area contributed by atoms with E-state index in [1.54, 1.807) is 12.4 Å². The molecule has 1 unspecified atom stereocenters. The van der Waals surface area contributed by atoms with E-state index in [0.29, 0.717) is 10.6 Å². The number of nitrogens with zero attached hydrogens (tertiary/aromatic N) is 2. The van der Waals surface area contributed by atoms with Crippen LogP contribution in [0.1, 0.15) is 17.2 Å². The monoisotopic (exact) mass is 287 g/mol. The third-order valence-electron chi connectivity index (χ3n) is 3.15. The third kappa shape index (κ3) is 2.35. The third-order valence-corrected chi connectivity index (χ3v) is 3.49. The largest absolute Gasteiger partial charge is 0.320 e. The Hall–Kier alpha value is -2.04. The van der Waals surface area contributed by atoms with Crippen molar-refractivity contribution in [1.29, 1.82) is 0 Å². The van der Waals surface area contributed by atoms with Gasteiger partial charge in [0.15, 0.2) is 0 Å². The Morgan fingerprint density at radius 2 is 1.75 bits per heavy atom. The van der Waals surface area contributed by atoms with E-state index < -0.39 is 6.04 Å². The zero-order chi connectivity index (χ0) is 14.1. The molecule has 0 radical (unpaired) electrons. The Bertz CT molecular complexity index is 776. The lowest BCUT2D eigenvalue weighted by atomic mass is 9.99. The number of aromatic nitrogens is 2. The molecule has 20 heavy (non-hydrogen) atoms.